The molecule has 2 aromatic carbocycles. The number of carbonyl (C=O) groups excluding carboxylic acids is 1. The number of hydrogen-bond acceptors (Lipinski definition) is 3. The van der Waals surface area contributed by atoms with Crippen LogP contribution in [0.5, 0.6) is 5.75 Å². The molecule has 25 heavy (non-hydrogen) atoms. The zero-order chi connectivity index (χ0) is 18.0. The van der Waals surface area contributed by atoms with Gasteiger partial charge in [-0.1, -0.05) is 43.0 Å². The van der Waals surface area contributed by atoms with Crippen molar-refractivity contribution in [3.8, 4) is 11.8 Å². The van der Waals surface area contributed by atoms with Crippen LogP contribution in [0.1, 0.15) is 46.8 Å². The maximum Gasteiger partial charge on any atom is 0.343 e. The second kappa shape index (κ2) is 7.47. The van der Waals surface area contributed by atoms with Gasteiger partial charge in [-0.2, -0.15) is 5.26 Å². The summed E-state index contributed by atoms with van der Waals surface area (Å²) in [6, 6.07) is 10.1. The summed E-state index contributed by atoms with van der Waals surface area (Å²) in [5, 5.41) is 9.58. The van der Waals surface area contributed by atoms with Gasteiger partial charge in [0.1, 0.15) is 5.02 Å². The molecule has 0 aliphatic heterocycles. The van der Waals surface area contributed by atoms with Crippen molar-refractivity contribution >= 4 is 29.2 Å². The van der Waals surface area contributed by atoms with Crippen LogP contribution in [0.3, 0.4) is 0 Å². The van der Waals surface area contributed by atoms with Gasteiger partial charge >= 0.3 is 5.97 Å². The van der Waals surface area contributed by atoms with E-state index >= 15 is 0 Å². The quantitative estimate of drug-likeness (QED) is 0.517. The number of carbonyl (C=O) groups is 1. The van der Waals surface area contributed by atoms with Crippen molar-refractivity contribution in [3.63, 3.8) is 0 Å². The smallest absolute Gasteiger partial charge is 0.343 e. The molecule has 0 radical (unpaired) electrons. The Hall–Kier alpha value is -2.02. The third kappa shape index (κ3) is 3.66. The van der Waals surface area contributed by atoms with Crippen molar-refractivity contribution in [2.45, 2.75) is 32.6 Å². The van der Waals surface area contributed by atoms with Crippen molar-refractivity contribution in [1.29, 1.82) is 5.26 Å². The zero-order valence-corrected chi connectivity index (χ0v) is 15.3. The van der Waals surface area contributed by atoms with Crippen LogP contribution in [0.15, 0.2) is 30.3 Å². The number of nitrogens with zero attached hydrogens (tertiary/aromatic N) is 1. The van der Waals surface area contributed by atoms with Gasteiger partial charge in [0.05, 0.1) is 22.2 Å². The van der Waals surface area contributed by atoms with Gasteiger partial charge in [-0.25, -0.2) is 4.79 Å². The summed E-state index contributed by atoms with van der Waals surface area (Å²) in [5.41, 5.74) is 3.02. The van der Waals surface area contributed by atoms with E-state index in [0.717, 1.165) is 36.8 Å². The first kappa shape index (κ1) is 17.8. The number of benzene rings is 2. The summed E-state index contributed by atoms with van der Waals surface area (Å²) in [6.07, 6.45) is 4.13. The Labute approximate surface area is 157 Å². The Kier molecular flexibility index (Phi) is 5.32. The first-order chi connectivity index (χ1) is 12.0. The molecular weight excluding hydrogens is 357 g/mol. The first-order valence-corrected chi connectivity index (χ1v) is 9.01. The lowest BCUT2D eigenvalue weighted by Crippen LogP contribution is -2.09. The summed E-state index contributed by atoms with van der Waals surface area (Å²) in [5.74, 6) is 0.334. The van der Waals surface area contributed by atoms with Crippen molar-refractivity contribution in [3.05, 3.63) is 62.6 Å². The number of ether oxygens (including phenoxy) is 1. The molecule has 1 atom stereocenters. The number of nitriles is 1. The molecule has 0 amide bonds. The second-order valence-corrected chi connectivity index (χ2v) is 7.04. The van der Waals surface area contributed by atoms with Gasteiger partial charge in [-0.3, -0.25) is 0 Å². The van der Waals surface area contributed by atoms with Gasteiger partial charge in [0.15, 0.2) is 5.75 Å². The standard InChI is InChI=1S/C20H17Cl2NO2/c1-2-3-13-8-15-10-17(19(22)18(21)16(15)9-13)25-20(24)14-6-4-12(11-23)5-7-14/h4-7,10,13H,2-3,8-9H2,1H3. The molecule has 1 aliphatic carbocycles. The van der Waals surface area contributed by atoms with Gasteiger partial charge < -0.3 is 4.74 Å². The summed E-state index contributed by atoms with van der Waals surface area (Å²) in [6.45, 7) is 2.17. The highest BCUT2D eigenvalue weighted by atomic mass is 35.5. The number of hydrogen-bond donors (Lipinski definition) is 0. The largest absolute Gasteiger partial charge is 0.421 e. The van der Waals surface area contributed by atoms with Crippen LogP contribution in [-0.2, 0) is 12.8 Å². The van der Waals surface area contributed by atoms with Crippen molar-refractivity contribution in [2.24, 2.45) is 5.92 Å². The molecule has 2 aromatic rings. The van der Waals surface area contributed by atoms with E-state index in [-0.39, 0.29) is 10.8 Å². The minimum Gasteiger partial charge on any atom is -0.421 e. The highest BCUT2D eigenvalue weighted by Gasteiger charge is 2.27. The van der Waals surface area contributed by atoms with Gasteiger partial charge in [0.2, 0.25) is 0 Å². The van der Waals surface area contributed by atoms with Crippen LogP contribution < -0.4 is 4.74 Å². The SMILES string of the molecule is CCCC1Cc2cc(OC(=O)c3ccc(C#N)cc3)c(Cl)c(Cl)c2C1. The Morgan fingerprint density at radius 1 is 1.24 bits per heavy atom. The number of rotatable bonds is 4. The Morgan fingerprint density at radius 3 is 2.60 bits per heavy atom. The molecule has 0 spiro atoms. The van der Waals surface area contributed by atoms with Crippen molar-refractivity contribution in [1.82, 2.24) is 0 Å². The molecule has 0 aromatic heterocycles. The Balaban J connectivity index is 1.84. The minimum atomic E-state index is -0.523. The van der Waals surface area contributed by atoms with Crippen LogP contribution in [-0.4, -0.2) is 5.97 Å². The highest BCUT2D eigenvalue weighted by molar-refractivity contribution is 6.43. The predicted octanol–water partition coefficient (Wildman–Crippen LogP) is 5.60. The molecule has 0 heterocycles. The van der Waals surface area contributed by atoms with Gasteiger partial charge in [0, 0.05) is 0 Å². The van der Waals surface area contributed by atoms with E-state index < -0.39 is 5.97 Å². The second-order valence-electron chi connectivity index (χ2n) is 6.28. The molecule has 0 N–H and O–H groups in total. The van der Waals surface area contributed by atoms with E-state index in [2.05, 4.69) is 6.92 Å². The number of halogens is 2. The molecule has 1 aliphatic rings. The fraction of sp³-hybridized carbons (Fsp3) is 0.300. The fourth-order valence-corrected chi connectivity index (χ4v) is 3.79. The number of fused-ring (bicyclic) bond motifs is 1. The molecule has 5 heteroatoms. The van der Waals surface area contributed by atoms with Gasteiger partial charge in [0.25, 0.3) is 0 Å². The van der Waals surface area contributed by atoms with E-state index in [1.165, 1.54) is 0 Å². The molecule has 0 saturated carbocycles. The summed E-state index contributed by atoms with van der Waals surface area (Å²) in [4.78, 5) is 12.3. The molecule has 0 bridgehead atoms. The lowest BCUT2D eigenvalue weighted by atomic mass is 10.0. The zero-order valence-electron chi connectivity index (χ0n) is 13.8. The predicted molar refractivity (Wildman–Crippen MR) is 98.4 cm³/mol. The van der Waals surface area contributed by atoms with Crippen LogP contribution in [0.2, 0.25) is 10.0 Å². The van der Waals surface area contributed by atoms with E-state index in [1.807, 2.05) is 12.1 Å². The van der Waals surface area contributed by atoms with Gasteiger partial charge in [-0.15, -0.1) is 0 Å². The van der Waals surface area contributed by atoms with E-state index in [4.69, 9.17) is 33.2 Å². The third-order valence-corrected chi connectivity index (χ3v) is 5.41. The third-order valence-electron chi connectivity index (χ3n) is 4.52. The normalized spacial score (nSPS) is 15.5. The summed E-state index contributed by atoms with van der Waals surface area (Å²) < 4.78 is 5.47. The monoisotopic (exact) mass is 373 g/mol. The molecule has 3 rings (SSSR count). The van der Waals surface area contributed by atoms with Crippen LogP contribution in [0, 0.1) is 17.2 Å². The topological polar surface area (TPSA) is 50.1 Å². The molecule has 1 unspecified atom stereocenters. The molecule has 128 valence electrons. The summed E-state index contributed by atoms with van der Waals surface area (Å²) in [7, 11) is 0. The van der Waals surface area contributed by atoms with Crippen molar-refractivity contribution < 1.29 is 9.53 Å². The molecule has 0 fully saturated rings. The van der Waals surface area contributed by atoms with E-state index in [1.54, 1.807) is 24.3 Å². The minimum absolute atomic E-state index is 0.277. The fourth-order valence-electron chi connectivity index (χ4n) is 3.29. The van der Waals surface area contributed by atoms with Crippen molar-refractivity contribution in [2.75, 3.05) is 0 Å². The van der Waals surface area contributed by atoms with E-state index in [0.29, 0.717) is 22.1 Å². The van der Waals surface area contributed by atoms with Crippen LogP contribution in [0.4, 0.5) is 0 Å². The van der Waals surface area contributed by atoms with Crippen LogP contribution >= 0.6 is 23.2 Å². The number of esters is 1. The van der Waals surface area contributed by atoms with E-state index in [9.17, 15) is 4.79 Å². The average Bonchev–Trinajstić information content (AvgIpc) is 3.02. The lowest BCUT2D eigenvalue weighted by molar-refractivity contribution is 0.0735. The maximum atomic E-state index is 12.3. The molecular formula is C20H17Cl2NO2. The van der Waals surface area contributed by atoms with Gasteiger partial charge in [-0.05, 0) is 60.2 Å². The lowest BCUT2D eigenvalue weighted by Gasteiger charge is -2.11. The maximum absolute atomic E-state index is 12.3. The molecule has 0 saturated heterocycles. The average molecular weight is 374 g/mol. The Morgan fingerprint density at radius 2 is 1.96 bits per heavy atom. The summed E-state index contributed by atoms with van der Waals surface area (Å²) >= 11 is 12.7. The first-order valence-electron chi connectivity index (χ1n) is 8.25. The molecule has 3 nitrogen and oxygen atoms in total. The van der Waals surface area contributed by atoms with Crippen LogP contribution in [0.25, 0.3) is 0 Å². The highest BCUT2D eigenvalue weighted by Crippen LogP contribution is 2.43. The Bertz CT molecular complexity index is 853.